The predicted octanol–water partition coefficient (Wildman–Crippen LogP) is 2.37. The minimum atomic E-state index is 0.133. The average molecular weight is 274 g/mol. The summed E-state index contributed by atoms with van der Waals surface area (Å²) in [5.74, 6) is 0.662. The van der Waals surface area contributed by atoms with Gasteiger partial charge in [0.1, 0.15) is 0 Å². The zero-order valence-corrected chi connectivity index (χ0v) is 12.5. The van der Waals surface area contributed by atoms with Crippen molar-refractivity contribution in [2.24, 2.45) is 0 Å². The van der Waals surface area contributed by atoms with Gasteiger partial charge in [-0.05, 0) is 33.0 Å². The lowest BCUT2D eigenvalue weighted by Crippen LogP contribution is -2.20. The highest BCUT2D eigenvalue weighted by Crippen LogP contribution is 2.24. The summed E-state index contributed by atoms with van der Waals surface area (Å²) < 4.78 is 7.31. The second kappa shape index (κ2) is 6.52. The molecule has 1 unspecified atom stereocenters. The molecule has 0 amide bonds. The molecule has 0 saturated carbocycles. The summed E-state index contributed by atoms with van der Waals surface area (Å²) in [6.45, 7) is 4.24. The van der Waals surface area contributed by atoms with Crippen molar-refractivity contribution < 1.29 is 4.74 Å². The van der Waals surface area contributed by atoms with Crippen LogP contribution in [0, 0.1) is 0 Å². The molecule has 0 spiro atoms. The number of hydrogen-bond acceptors (Lipinski definition) is 4. The van der Waals surface area contributed by atoms with Gasteiger partial charge in [-0.25, -0.2) is 4.98 Å². The first-order chi connectivity index (χ1) is 9.65. The lowest BCUT2D eigenvalue weighted by atomic mass is 10.0. The summed E-state index contributed by atoms with van der Waals surface area (Å²) in [6.07, 6.45) is 4.56. The third-order valence-corrected chi connectivity index (χ3v) is 3.32. The number of aromatic nitrogens is 3. The maximum atomic E-state index is 5.33. The van der Waals surface area contributed by atoms with E-state index in [-0.39, 0.29) is 6.04 Å². The molecule has 0 saturated heterocycles. The molecule has 2 heterocycles. The molecule has 0 fully saturated rings. The van der Waals surface area contributed by atoms with E-state index in [1.165, 1.54) is 0 Å². The first-order valence-electron chi connectivity index (χ1n) is 6.86. The van der Waals surface area contributed by atoms with Crippen LogP contribution in [0.15, 0.2) is 30.6 Å². The zero-order chi connectivity index (χ0) is 14.5. The molecule has 0 aliphatic rings. The molecule has 0 radical (unpaired) electrons. The largest absolute Gasteiger partial charge is 0.481 e. The maximum absolute atomic E-state index is 5.33. The second-order valence-corrected chi connectivity index (χ2v) is 5.03. The Bertz CT molecular complexity index is 550. The lowest BCUT2D eigenvalue weighted by Gasteiger charge is -2.17. The molecule has 5 heteroatoms. The van der Waals surface area contributed by atoms with Crippen LogP contribution in [0.2, 0.25) is 0 Å². The van der Waals surface area contributed by atoms with E-state index in [1.807, 2.05) is 30.1 Å². The number of pyridine rings is 1. The Morgan fingerprint density at radius 3 is 2.75 bits per heavy atom. The van der Waals surface area contributed by atoms with Gasteiger partial charge >= 0.3 is 0 Å². The average Bonchev–Trinajstić information content (AvgIpc) is 2.93. The van der Waals surface area contributed by atoms with E-state index < -0.39 is 0 Å². The molecule has 0 aliphatic heterocycles. The number of nitrogens with zero attached hydrogens (tertiary/aromatic N) is 3. The molecular weight excluding hydrogens is 252 g/mol. The van der Waals surface area contributed by atoms with E-state index in [9.17, 15) is 0 Å². The first-order valence-corrected chi connectivity index (χ1v) is 6.86. The van der Waals surface area contributed by atoms with Gasteiger partial charge in [0.15, 0.2) is 0 Å². The maximum Gasteiger partial charge on any atom is 0.217 e. The molecular formula is C15H22N4O. The number of ether oxygens (including phenoxy) is 1. The third-order valence-electron chi connectivity index (χ3n) is 3.32. The van der Waals surface area contributed by atoms with Gasteiger partial charge < -0.3 is 10.1 Å². The molecule has 1 N–H and O–H groups in total. The van der Waals surface area contributed by atoms with Crippen LogP contribution in [0.25, 0.3) is 0 Å². The fourth-order valence-electron chi connectivity index (χ4n) is 2.19. The van der Waals surface area contributed by atoms with E-state index in [1.54, 1.807) is 13.3 Å². The molecule has 20 heavy (non-hydrogen) atoms. The van der Waals surface area contributed by atoms with Crippen molar-refractivity contribution in [3.8, 4) is 5.88 Å². The third kappa shape index (κ3) is 3.17. The van der Waals surface area contributed by atoms with E-state index >= 15 is 0 Å². The summed E-state index contributed by atoms with van der Waals surface area (Å²) >= 11 is 0. The van der Waals surface area contributed by atoms with Crippen molar-refractivity contribution >= 4 is 0 Å². The van der Waals surface area contributed by atoms with E-state index in [0.29, 0.717) is 11.9 Å². The van der Waals surface area contributed by atoms with Crippen LogP contribution in [0.1, 0.15) is 37.2 Å². The molecule has 1 atom stereocenters. The molecule has 0 aliphatic carbocycles. The molecule has 0 aromatic carbocycles. The van der Waals surface area contributed by atoms with Crippen LogP contribution in [-0.4, -0.2) is 28.9 Å². The van der Waals surface area contributed by atoms with E-state index in [0.717, 1.165) is 17.7 Å². The molecule has 2 aromatic heterocycles. The minimum absolute atomic E-state index is 0.133. The fraction of sp³-hybridized carbons (Fsp3) is 0.467. The predicted molar refractivity (Wildman–Crippen MR) is 78.9 cm³/mol. The van der Waals surface area contributed by atoms with Crippen molar-refractivity contribution in [1.29, 1.82) is 0 Å². The van der Waals surface area contributed by atoms with Gasteiger partial charge in [0.05, 0.1) is 12.8 Å². The SMILES string of the molecule is CNC(Cc1ccn(C(C)C)n1)c1cccnc1OC. The number of hydrogen-bond donors (Lipinski definition) is 1. The van der Waals surface area contributed by atoms with Gasteiger partial charge in [0, 0.05) is 36.5 Å². The number of methoxy groups -OCH3 is 1. The summed E-state index contributed by atoms with van der Waals surface area (Å²) in [6, 6.07) is 6.54. The molecule has 5 nitrogen and oxygen atoms in total. The van der Waals surface area contributed by atoms with Crippen LogP contribution >= 0.6 is 0 Å². The highest BCUT2D eigenvalue weighted by molar-refractivity contribution is 5.30. The van der Waals surface area contributed by atoms with Gasteiger partial charge in [-0.15, -0.1) is 0 Å². The Kier molecular flexibility index (Phi) is 4.74. The molecule has 2 rings (SSSR count). The van der Waals surface area contributed by atoms with Crippen molar-refractivity contribution in [3.05, 3.63) is 41.9 Å². The van der Waals surface area contributed by atoms with Gasteiger partial charge in [-0.3, -0.25) is 4.68 Å². The number of rotatable bonds is 6. The van der Waals surface area contributed by atoms with Gasteiger partial charge in [0.25, 0.3) is 0 Å². The first kappa shape index (κ1) is 14.5. The van der Waals surface area contributed by atoms with Gasteiger partial charge in [-0.1, -0.05) is 6.07 Å². The molecule has 0 bridgehead atoms. The van der Waals surface area contributed by atoms with Crippen molar-refractivity contribution in [3.63, 3.8) is 0 Å². The van der Waals surface area contributed by atoms with Crippen molar-refractivity contribution in [2.75, 3.05) is 14.2 Å². The summed E-state index contributed by atoms with van der Waals surface area (Å²) in [5, 5.41) is 7.90. The van der Waals surface area contributed by atoms with E-state index in [2.05, 4.69) is 35.3 Å². The molecule has 2 aromatic rings. The van der Waals surface area contributed by atoms with Crippen LogP contribution in [0.3, 0.4) is 0 Å². The van der Waals surface area contributed by atoms with Gasteiger partial charge in [-0.2, -0.15) is 5.10 Å². The minimum Gasteiger partial charge on any atom is -0.481 e. The topological polar surface area (TPSA) is 52.0 Å². The van der Waals surface area contributed by atoms with Crippen molar-refractivity contribution in [1.82, 2.24) is 20.1 Å². The monoisotopic (exact) mass is 274 g/mol. The second-order valence-electron chi connectivity index (χ2n) is 5.03. The summed E-state index contributed by atoms with van der Waals surface area (Å²) in [5.41, 5.74) is 2.11. The van der Waals surface area contributed by atoms with Gasteiger partial charge in [0.2, 0.25) is 5.88 Å². The van der Waals surface area contributed by atoms with Crippen molar-refractivity contribution in [2.45, 2.75) is 32.4 Å². The smallest absolute Gasteiger partial charge is 0.217 e. The summed E-state index contributed by atoms with van der Waals surface area (Å²) in [4.78, 5) is 4.25. The Hall–Kier alpha value is -1.88. The Labute approximate surface area is 120 Å². The Morgan fingerprint density at radius 1 is 1.35 bits per heavy atom. The Balaban J connectivity index is 2.19. The lowest BCUT2D eigenvalue weighted by molar-refractivity contribution is 0.384. The molecule has 108 valence electrons. The quantitative estimate of drug-likeness (QED) is 0.878. The number of likely N-dealkylation sites (N-methyl/N-ethyl adjacent to an activating group) is 1. The van der Waals surface area contributed by atoms with Crippen LogP contribution in [-0.2, 0) is 6.42 Å². The van der Waals surface area contributed by atoms with E-state index in [4.69, 9.17) is 4.74 Å². The highest BCUT2D eigenvalue weighted by atomic mass is 16.5. The Morgan fingerprint density at radius 2 is 2.15 bits per heavy atom. The highest BCUT2D eigenvalue weighted by Gasteiger charge is 2.17. The van der Waals surface area contributed by atoms with Crippen LogP contribution < -0.4 is 10.1 Å². The standard InChI is InChI=1S/C15H22N4O/c1-11(2)19-9-7-12(18-19)10-14(16-3)13-6-5-8-17-15(13)20-4/h5-9,11,14,16H,10H2,1-4H3. The van der Waals surface area contributed by atoms with Crippen LogP contribution in [0.4, 0.5) is 0 Å². The summed E-state index contributed by atoms with van der Waals surface area (Å²) in [7, 11) is 3.59. The number of nitrogens with one attached hydrogen (secondary N) is 1. The van der Waals surface area contributed by atoms with Crippen LogP contribution in [0.5, 0.6) is 5.88 Å². The zero-order valence-electron chi connectivity index (χ0n) is 12.5. The fourth-order valence-corrected chi connectivity index (χ4v) is 2.19. The normalized spacial score (nSPS) is 12.7.